The molecule has 0 atom stereocenters. The van der Waals surface area contributed by atoms with Gasteiger partial charge in [-0.2, -0.15) is 0 Å². The predicted molar refractivity (Wildman–Crippen MR) is 44.8 cm³/mol. The molecule has 0 saturated carbocycles. The number of hydrogen-bond donors (Lipinski definition) is 1. The normalized spacial score (nSPS) is 10.2. The third-order valence-electron chi connectivity index (χ3n) is 1.54. The van der Waals surface area contributed by atoms with Gasteiger partial charge in [0.25, 0.3) is 0 Å². The average molecular weight is 219 g/mol. The lowest BCUT2D eigenvalue weighted by molar-refractivity contribution is 0.274. The van der Waals surface area contributed by atoms with Crippen molar-refractivity contribution in [3.8, 4) is 0 Å². The summed E-state index contributed by atoms with van der Waals surface area (Å²) in [6, 6.07) is 3.39. The van der Waals surface area contributed by atoms with Gasteiger partial charge in [-0.05, 0) is 18.6 Å². The number of benzene rings is 1. The third kappa shape index (κ3) is 1.60. The Morgan fingerprint density at radius 3 is 2.64 bits per heavy atom. The van der Waals surface area contributed by atoms with Crippen molar-refractivity contribution in [3.05, 3.63) is 33.5 Å². The van der Waals surface area contributed by atoms with Crippen molar-refractivity contribution in [1.29, 1.82) is 0 Å². The quantitative estimate of drug-likeness (QED) is 0.768. The molecule has 1 N–H and O–H groups in total. The molecule has 0 bridgehead atoms. The maximum absolute atomic E-state index is 13.1. The van der Waals surface area contributed by atoms with Crippen molar-refractivity contribution < 1.29 is 9.50 Å². The molecule has 0 amide bonds. The van der Waals surface area contributed by atoms with Crippen LogP contribution in [0.4, 0.5) is 4.39 Å². The lowest BCUT2D eigenvalue weighted by atomic mass is 10.1. The molecule has 0 aliphatic carbocycles. The molecule has 1 rings (SSSR count). The summed E-state index contributed by atoms with van der Waals surface area (Å²) >= 11 is 3.14. The first-order chi connectivity index (χ1) is 5.16. The van der Waals surface area contributed by atoms with Crippen LogP contribution >= 0.6 is 15.9 Å². The Bertz CT molecular complexity index is 273. The zero-order valence-electron chi connectivity index (χ0n) is 6.06. The second kappa shape index (κ2) is 3.32. The minimum atomic E-state index is -0.332. The SMILES string of the molecule is Cc1ccc(Br)c(CO)c1F. The topological polar surface area (TPSA) is 20.2 Å². The Balaban J connectivity index is 3.29. The number of hydrogen-bond acceptors (Lipinski definition) is 1. The van der Waals surface area contributed by atoms with E-state index in [0.29, 0.717) is 15.6 Å². The summed E-state index contributed by atoms with van der Waals surface area (Å²) in [7, 11) is 0. The van der Waals surface area contributed by atoms with Crippen molar-refractivity contribution in [3.63, 3.8) is 0 Å². The van der Waals surface area contributed by atoms with E-state index in [9.17, 15) is 4.39 Å². The molecule has 60 valence electrons. The largest absolute Gasteiger partial charge is 0.392 e. The Kier molecular flexibility index (Phi) is 2.62. The summed E-state index contributed by atoms with van der Waals surface area (Å²) in [5.41, 5.74) is 0.877. The molecular weight excluding hydrogens is 211 g/mol. The van der Waals surface area contributed by atoms with Crippen molar-refractivity contribution in [2.45, 2.75) is 13.5 Å². The van der Waals surface area contributed by atoms with Crippen molar-refractivity contribution in [2.75, 3.05) is 0 Å². The summed E-state index contributed by atoms with van der Waals surface area (Å²) in [6.45, 7) is 1.40. The lowest BCUT2D eigenvalue weighted by Gasteiger charge is -2.04. The second-order valence-corrected chi connectivity index (χ2v) is 3.17. The van der Waals surface area contributed by atoms with Gasteiger partial charge in [-0.3, -0.25) is 0 Å². The average Bonchev–Trinajstić information content (AvgIpc) is 1.99. The van der Waals surface area contributed by atoms with Crippen LogP contribution in [0.1, 0.15) is 11.1 Å². The highest BCUT2D eigenvalue weighted by Crippen LogP contribution is 2.21. The summed E-state index contributed by atoms with van der Waals surface area (Å²) in [5.74, 6) is -0.332. The summed E-state index contributed by atoms with van der Waals surface area (Å²) in [6.07, 6.45) is 0. The fourth-order valence-electron chi connectivity index (χ4n) is 0.860. The van der Waals surface area contributed by atoms with Gasteiger partial charge in [-0.25, -0.2) is 4.39 Å². The Morgan fingerprint density at radius 1 is 1.55 bits per heavy atom. The Labute approximate surface area is 73.0 Å². The van der Waals surface area contributed by atoms with Gasteiger partial charge >= 0.3 is 0 Å². The Morgan fingerprint density at radius 2 is 2.18 bits per heavy atom. The number of aliphatic hydroxyl groups is 1. The number of aliphatic hydroxyl groups excluding tert-OH is 1. The molecule has 0 heterocycles. The lowest BCUT2D eigenvalue weighted by Crippen LogP contribution is -1.93. The number of rotatable bonds is 1. The zero-order valence-corrected chi connectivity index (χ0v) is 7.65. The fraction of sp³-hybridized carbons (Fsp3) is 0.250. The van der Waals surface area contributed by atoms with E-state index < -0.39 is 0 Å². The first kappa shape index (κ1) is 8.68. The first-order valence-electron chi connectivity index (χ1n) is 3.21. The van der Waals surface area contributed by atoms with Crippen molar-refractivity contribution >= 4 is 15.9 Å². The molecule has 0 fully saturated rings. The van der Waals surface area contributed by atoms with Gasteiger partial charge in [0.1, 0.15) is 5.82 Å². The van der Waals surface area contributed by atoms with Gasteiger partial charge in [-0.15, -0.1) is 0 Å². The number of aryl methyl sites for hydroxylation is 1. The summed E-state index contributed by atoms with van der Waals surface area (Å²) < 4.78 is 13.7. The molecule has 1 aromatic rings. The van der Waals surface area contributed by atoms with E-state index in [1.165, 1.54) is 0 Å². The van der Waals surface area contributed by atoms with E-state index >= 15 is 0 Å². The van der Waals surface area contributed by atoms with Gasteiger partial charge in [-0.1, -0.05) is 22.0 Å². The van der Waals surface area contributed by atoms with Crippen LogP contribution in [0.5, 0.6) is 0 Å². The first-order valence-corrected chi connectivity index (χ1v) is 4.00. The zero-order chi connectivity index (χ0) is 8.43. The molecule has 1 nitrogen and oxygen atoms in total. The van der Waals surface area contributed by atoms with Crippen LogP contribution in [-0.2, 0) is 6.61 Å². The fourth-order valence-corrected chi connectivity index (χ4v) is 1.29. The van der Waals surface area contributed by atoms with Gasteiger partial charge in [0.05, 0.1) is 6.61 Å². The van der Waals surface area contributed by atoms with Gasteiger partial charge in [0.15, 0.2) is 0 Å². The highest BCUT2D eigenvalue weighted by molar-refractivity contribution is 9.10. The van der Waals surface area contributed by atoms with E-state index in [4.69, 9.17) is 5.11 Å². The van der Waals surface area contributed by atoms with Crippen LogP contribution in [0.2, 0.25) is 0 Å². The Hall–Kier alpha value is -0.410. The van der Waals surface area contributed by atoms with E-state index in [0.717, 1.165) is 0 Å². The van der Waals surface area contributed by atoms with Crippen LogP contribution in [-0.4, -0.2) is 5.11 Å². The molecule has 3 heteroatoms. The predicted octanol–water partition coefficient (Wildman–Crippen LogP) is 2.39. The van der Waals surface area contributed by atoms with Crippen LogP contribution in [0.15, 0.2) is 16.6 Å². The summed E-state index contributed by atoms with van der Waals surface area (Å²) in [4.78, 5) is 0. The van der Waals surface area contributed by atoms with Crippen LogP contribution in [0, 0.1) is 12.7 Å². The van der Waals surface area contributed by atoms with Crippen molar-refractivity contribution in [2.24, 2.45) is 0 Å². The molecule has 0 aromatic heterocycles. The van der Waals surface area contributed by atoms with Gasteiger partial charge < -0.3 is 5.11 Å². The van der Waals surface area contributed by atoms with E-state index in [1.54, 1.807) is 19.1 Å². The van der Waals surface area contributed by atoms with Crippen molar-refractivity contribution in [1.82, 2.24) is 0 Å². The van der Waals surface area contributed by atoms with E-state index in [-0.39, 0.29) is 12.4 Å². The van der Waals surface area contributed by atoms with E-state index in [2.05, 4.69) is 15.9 Å². The maximum atomic E-state index is 13.1. The molecule has 0 aliphatic heterocycles. The highest BCUT2D eigenvalue weighted by Gasteiger charge is 2.07. The third-order valence-corrected chi connectivity index (χ3v) is 2.28. The maximum Gasteiger partial charge on any atom is 0.132 e. The highest BCUT2D eigenvalue weighted by atomic mass is 79.9. The van der Waals surface area contributed by atoms with Crippen LogP contribution in [0.25, 0.3) is 0 Å². The van der Waals surface area contributed by atoms with Crippen LogP contribution < -0.4 is 0 Å². The van der Waals surface area contributed by atoms with Crippen LogP contribution in [0.3, 0.4) is 0 Å². The standard InChI is InChI=1S/C8H8BrFO/c1-5-2-3-7(9)6(4-11)8(5)10/h2-3,11H,4H2,1H3. The smallest absolute Gasteiger partial charge is 0.132 e. The monoisotopic (exact) mass is 218 g/mol. The minimum absolute atomic E-state index is 0.270. The van der Waals surface area contributed by atoms with Gasteiger partial charge in [0, 0.05) is 10.0 Å². The molecule has 0 aliphatic rings. The molecule has 0 saturated heterocycles. The van der Waals surface area contributed by atoms with Gasteiger partial charge in [0.2, 0.25) is 0 Å². The van der Waals surface area contributed by atoms with E-state index in [1.807, 2.05) is 0 Å². The molecule has 1 aromatic carbocycles. The molecule has 11 heavy (non-hydrogen) atoms. The molecule has 0 radical (unpaired) electrons. The molecule has 0 spiro atoms. The molecule has 0 unspecified atom stereocenters. The summed E-state index contributed by atoms with van der Waals surface area (Å²) in [5, 5.41) is 8.75. The molecular formula is C8H8BrFO. The number of halogens is 2. The minimum Gasteiger partial charge on any atom is -0.392 e. The second-order valence-electron chi connectivity index (χ2n) is 2.31.